The third kappa shape index (κ3) is 2.14. The highest BCUT2D eigenvalue weighted by Gasteiger charge is 2.18. The van der Waals surface area contributed by atoms with Crippen LogP contribution >= 0.6 is 0 Å². The van der Waals surface area contributed by atoms with Crippen LogP contribution in [0.15, 0.2) is 12.1 Å². The third-order valence-corrected chi connectivity index (χ3v) is 2.29. The molecule has 4 heteroatoms. The van der Waals surface area contributed by atoms with Crippen molar-refractivity contribution in [1.82, 2.24) is 0 Å². The van der Waals surface area contributed by atoms with Crippen molar-refractivity contribution in [2.75, 3.05) is 0 Å². The van der Waals surface area contributed by atoms with E-state index in [0.29, 0.717) is 16.6 Å². The van der Waals surface area contributed by atoms with E-state index in [1.807, 2.05) is 13.8 Å². The van der Waals surface area contributed by atoms with Crippen LogP contribution in [0.2, 0.25) is 0 Å². The highest BCUT2D eigenvalue weighted by Crippen LogP contribution is 2.18. The second-order valence-corrected chi connectivity index (χ2v) is 3.76. The lowest BCUT2D eigenvalue weighted by molar-refractivity contribution is 0.425. The first-order valence-corrected chi connectivity index (χ1v) is 4.59. The van der Waals surface area contributed by atoms with Crippen molar-refractivity contribution in [3.63, 3.8) is 0 Å². The Balaban J connectivity index is 3.27. The summed E-state index contributed by atoms with van der Waals surface area (Å²) in [6, 6.07) is 2.85. The average Bonchev–Trinajstić information content (AvgIpc) is 2.02. The normalized spacial score (nSPS) is 10.8. The maximum absolute atomic E-state index is 13.4. The Bertz CT molecular complexity index is 308. The quantitative estimate of drug-likeness (QED) is 0.691. The molecule has 1 rings (SSSR count). The molecule has 2 nitrogen and oxygen atoms in total. The Kier molecular flexibility index (Phi) is 3.29. The highest BCUT2D eigenvalue weighted by atomic mass is 19.1. The zero-order valence-electron chi connectivity index (χ0n) is 8.58. The van der Waals surface area contributed by atoms with Crippen LogP contribution in [0.3, 0.4) is 0 Å². The van der Waals surface area contributed by atoms with E-state index < -0.39 is 7.12 Å². The van der Waals surface area contributed by atoms with E-state index in [1.165, 1.54) is 12.1 Å². The van der Waals surface area contributed by atoms with Crippen molar-refractivity contribution in [3.05, 3.63) is 29.1 Å². The number of aryl methyl sites for hydroxylation is 1. The van der Waals surface area contributed by atoms with Crippen molar-refractivity contribution in [2.45, 2.75) is 26.7 Å². The zero-order chi connectivity index (χ0) is 10.9. The van der Waals surface area contributed by atoms with Gasteiger partial charge in [0.25, 0.3) is 0 Å². The summed E-state index contributed by atoms with van der Waals surface area (Å²) >= 11 is 0. The van der Waals surface area contributed by atoms with E-state index in [1.54, 1.807) is 6.92 Å². The van der Waals surface area contributed by atoms with Gasteiger partial charge in [0.2, 0.25) is 0 Å². The van der Waals surface area contributed by atoms with Crippen LogP contribution in [-0.2, 0) is 0 Å². The standard InChI is InChI=1S/C10H14BFO2/c1-6(2)8-5-9(11(13)14)7(3)4-10(8)12/h4-6,13-14H,1-3H3. The predicted octanol–water partition coefficient (Wildman–Crippen LogP) is 0.937. The molecule has 1 aromatic carbocycles. The first kappa shape index (κ1) is 11.2. The van der Waals surface area contributed by atoms with E-state index >= 15 is 0 Å². The Morgan fingerprint density at radius 1 is 1.29 bits per heavy atom. The average molecular weight is 196 g/mol. The van der Waals surface area contributed by atoms with E-state index in [2.05, 4.69) is 0 Å². The molecule has 0 spiro atoms. The molecule has 2 N–H and O–H groups in total. The number of halogens is 1. The lowest BCUT2D eigenvalue weighted by Gasteiger charge is -2.12. The molecule has 0 amide bonds. The molecule has 0 radical (unpaired) electrons. The Hall–Kier alpha value is -0.865. The SMILES string of the molecule is Cc1cc(F)c(C(C)C)cc1B(O)O. The minimum absolute atomic E-state index is 0.0353. The lowest BCUT2D eigenvalue weighted by atomic mass is 9.75. The van der Waals surface area contributed by atoms with Crippen LogP contribution in [0.4, 0.5) is 4.39 Å². The third-order valence-electron chi connectivity index (χ3n) is 2.29. The van der Waals surface area contributed by atoms with Gasteiger partial charge in [-0.05, 0) is 35.5 Å². The molecule has 0 aromatic heterocycles. The summed E-state index contributed by atoms with van der Waals surface area (Å²) in [5.41, 5.74) is 1.44. The van der Waals surface area contributed by atoms with Crippen LogP contribution in [0, 0.1) is 12.7 Å². The predicted molar refractivity (Wildman–Crippen MR) is 55.1 cm³/mol. The molecular formula is C10H14BFO2. The smallest absolute Gasteiger partial charge is 0.423 e. The fourth-order valence-electron chi connectivity index (χ4n) is 1.43. The summed E-state index contributed by atoms with van der Waals surface area (Å²) in [6.45, 7) is 5.38. The van der Waals surface area contributed by atoms with Gasteiger partial charge in [-0.2, -0.15) is 0 Å². The molecule has 0 bridgehead atoms. The summed E-state index contributed by atoms with van der Waals surface area (Å²) in [4.78, 5) is 0. The largest absolute Gasteiger partial charge is 0.488 e. The molecule has 14 heavy (non-hydrogen) atoms. The molecule has 0 aliphatic heterocycles. The van der Waals surface area contributed by atoms with Gasteiger partial charge in [0.15, 0.2) is 0 Å². The van der Waals surface area contributed by atoms with Gasteiger partial charge in [-0.25, -0.2) is 4.39 Å². The van der Waals surface area contributed by atoms with E-state index in [9.17, 15) is 4.39 Å². The van der Waals surface area contributed by atoms with Crippen molar-refractivity contribution in [2.24, 2.45) is 0 Å². The van der Waals surface area contributed by atoms with Gasteiger partial charge in [-0.15, -0.1) is 0 Å². The molecule has 0 saturated heterocycles. The Morgan fingerprint density at radius 3 is 2.29 bits per heavy atom. The lowest BCUT2D eigenvalue weighted by Crippen LogP contribution is -2.32. The highest BCUT2D eigenvalue weighted by molar-refractivity contribution is 6.59. The van der Waals surface area contributed by atoms with Crippen LogP contribution in [0.1, 0.15) is 30.9 Å². The molecule has 0 aliphatic carbocycles. The zero-order valence-corrected chi connectivity index (χ0v) is 8.58. The van der Waals surface area contributed by atoms with Gasteiger partial charge in [0.1, 0.15) is 5.82 Å². The van der Waals surface area contributed by atoms with E-state index in [-0.39, 0.29) is 11.7 Å². The van der Waals surface area contributed by atoms with Crippen molar-refractivity contribution in [3.8, 4) is 0 Å². The van der Waals surface area contributed by atoms with Gasteiger partial charge < -0.3 is 10.0 Å². The second-order valence-electron chi connectivity index (χ2n) is 3.76. The summed E-state index contributed by atoms with van der Waals surface area (Å²) in [6.07, 6.45) is 0. The molecular weight excluding hydrogens is 182 g/mol. The maximum atomic E-state index is 13.4. The van der Waals surface area contributed by atoms with Crippen molar-refractivity contribution < 1.29 is 14.4 Å². The molecule has 0 heterocycles. The number of rotatable bonds is 2. The van der Waals surface area contributed by atoms with Gasteiger partial charge in [-0.3, -0.25) is 0 Å². The first-order valence-electron chi connectivity index (χ1n) is 4.59. The topological polar surface area (TPSA) is 40.5 Å². The van der Waals surface area contributed by atoms with Crippen LogP contribution < -0.4 is 5.46 Å². The minimum atomic E-state index is -1.53. The number of hydrogen-bond acceptors (Lipinski definition) is 2. The molecule has 76 valence electrons. The summed E-state index contributed by atoms with van der Waals surface area (Å²) in [5, 5.41) is 18.1. The molecule has 0 unspecified atom stereocenters. The first-order chi connectivity index (χ1) is 6.43. The fraction of sp³-hybridized carbons (Fsp3) is 0.400. The van der Waals surface area contributed by atoms with Gasteiger partial charge in [0, 0.05) is 0 Å². The number of hydrogen-bond donors (Lipinski definition) is 2. The fourth-order valence-corrected chi connectivity index (χ4v) is 1.43. The van der Waals surface area contributed by atoms with Crippen molar-refractivity contribution in [1.29, 1.82) is 0 Å². The minimum Gasteiger partial charge on any atom is -0.423 e. The molecule has 0 aliphatic rings. The van der Waals surface area contributed by atoms with Crippen LogP contribution in [0.5, 0.6) is 0 Å². The maximum Gasteiger partial charge on any atom is 0.488 e. The second kappa shape index (κ2) is 4.11. The molecule has 0 fully saturated rings. The van der Waals surface area contributed by atoms with E-state index in [4.69, 9.17) is 10.0 Å². The molecule has 0 atom stereocenters. The Morgan fingerprint density at radius 2 is 1.86 bits per heavy atom. The van der Waals surface area contributed by atoms with Crippen LogP contribution in [-0.4, -0.2) is 17.2 Å². The van der Waals surface area contributed by atoms with E-state index in [0.717, 1.165) is 0 Å². The summed E-state index contributed by atoms with van der Waals surface area (Å²) in [5.74, 6) is -0.255. The Labute approximate surface area is 83.5 Å². The molecule has 0 saturated carbocycles. The van der Waals surface area contributed by atoms with Gasteiger partial charge >= 0.3 is 7.12 Å². The summed E-state index contributed by atoms with van der Waals surface area (Å²) < 4.78 is 13.4. The van der Waals surface area contributed by atoms with Crippen molar-refractivity contribution >= 4 is 12.6 Å². The van der Waals surface area contributed by atoms with Gasteiger partial charge in [0.05, 0.1) is 0 Å². The number of benzene rings is 1. The molecule has 1 aromatic rings. The van der Waals surface area contributed by atoms with Gasteiger partial charge in [-0.1, -0.05) is 19.9 Å². The monoisotopic (exact) mass is 196 g/mol. The van der Waals surface area contributed by atoms with Crippen LogP contribution in [0.25, 0.3) is 0 Å². The summed E-state index contributed by atoms with van der Waals surface area (Å²) in [7, 11) is -1.53.